The molecule has 0 saturated carbocycles. The Balaban J connectivity index is 1.57. The number of fused-ring (bicyclic) bond motifs is 3. The number of aromatic nitrogens is 4. The van der Waals surface area contributed by atoms with E-state index in [1.807, 2.05) is 38.1 Å². The number of nitrogens with one attached hydrogen (secondary N) is 1. The van der Waals surface area contributed by atoms with Gasteiger partial charge in [0.15, 0.2) is 11.5 Å². The van der Waals surface area contributed by atoms with Gasteiger partial charge >= 0.3 is 0 Å². The Hall–Kier alpha value is -2.88. The topological polar surface area (TPSA) is 98.5 Å². The van der Waals surface area contributed by atoms with Crippen LogP contribution >= 0.6 is 0 Å². The maximum absolute atomic E-state index is 12.9. The lowest BCUT2D eigenvalue weighted by Gasteiger charge is -2.13. The lowest BCUT2D eigenvalue weighted by Crippen LogP contribution is -2.31. The Morgan fingerprint density at radius 3 is 2.71 bits per heavy atom. The zero-order chi connectivity index (χ0) is 21.6. The third-order valence-electron chi connectivity index (χ3n) is 5.73. The molecule has 0 bridgehead atoms. The molecule has 1 saturated heterocycles. The van der Waals surface area contributed by atoms with Gasteiger partial charge in [-0.15, -0.1) is 10.2 Å². The second-order valence-electron chi connectivity index (χ2n) is 7.85. The molecular formula is C22H23N5O3S. The van der Waals surface area contributed by atoms with Gasteiger partial charge in [-0.25, -0.2) is 13.1 Å². The minimum absolute atomic E-state index is 0.0689. The first kappa shape index (κ1) is 20.0. The summed E-state index contributed by atoms with van der Waals surface area (Å²) in [5.74, 6) is 0.512. The molecule has 9 heteroatoms. The summed E-state index contributed by atoms with van der Waals surface area (Å²) < 4.78 is 35.7. The van der Waals surface area contributed by atoms with Gasteiger partial charge in [0.05, 0.1) is 16.7 Å². The first-order chi connectivity index (χ1) is 14.9. The van der Waals surface area contributed by atoms with Crippen LogP contribution in [0.4, 0.5) is 0 Å². The van der Waals surface area contributed by atoms with Gasteiger partial charge in [0, 0.05) is 29.5 Å². The van der Waals surface area contributed by atoms with Crippen molar-refractivity contribution in [2.45, 2.75) is 37.7 Å². The van der Waals surface area contributed by atoms with Gasteiger partial charge in [-0.1, -0.05) is 30.3 Å². The van der Waals surface area contributed by atoms with E-state index >= 15 is 0 Å². The maximum atomic E-state index is 12.9. The second kappa shape index (κ2) is 7.67. The molecule has 160 valence electrons. The molecule has 1 atom stereocenters. The molecular weight excluding hydrogens is 414 g/mol. The van der Waals surface area contributed by atoms with Crippen LogP contribution in [0.15, 0.2) is 47.4 Å². The first-order valence-electron chi connectivity index (χ1n) is 10.3. The van der Waals surface area contributed by atoms with Crippen LogP contribution in [0.3, 0.4) is 0 Å². The van der Waals surface area contributed by atoms with E-state index in [2.05, 4.69) is 20.0 Å². The molecule has 1 N–H and O–H groups in total. The van der Waals surface area contributed by atoms with Gasteiger partial charge < -0.3 is 4.74 Å². The van der Waals surface area contributed by atoms with Crippen molar-refractivity contribution in [1.29, 1.82) is 0 Å². The highest BCUT2D eigenvalue weighted by molar-refractivity contribution is 7.89. The molecule has 8 nitrogen and oxygen atoms in total. The number of hydrogen-bond acceptors (Lipinski definition) is 6. The third kappa shape index (κ3) is 3.58. The molecule has 0 aliphatic carbocycles. The highest BCUT2D eigenvalue weighted by Gasteiger charge is 2.22. The van der Waals surface area contributed by atoms with Gasteiger partial charge in [-0.3, -0.25) is 0 Å². The van der Waals surface area contributed by atoms with Crippen molar-refractivity contribution in [2.75, 3.05) is 13.2 Å². The predicted molar refractivity (Wildman–Crippen MR) is 117 cm³/mol. The van der Waals surface area contributed by atoms with Crippen molar-refractivity contribution in [3.63, 3.8) is 0 Å². The predicted octanol–water partition coefficient (Wildman–Crippen LogP) is 3.02. The molecule has 1 unspecified atom stereocenters. The van der Waals surface area contributed by atoms with Crippen LogP contribution in [-0.4, -0.2) is 47.5 Å². The van der Waals surface area contributed by atoms with Gasteiger partial charge in [0.1, 0.15) is 0 Å². The Labute approximate surface area is 180 Å². The molecule has 31 heavy (non-hydrogen) atoms. The fraction of sp³-hybridized carbons (Fsp3) is 0.318. The third-order valence-corrected chi connectivity index (χ3v) is 7.15. The van der Waals surface area contributed by atoms with Gasteiger partial charge in [0.25, 0.3) is 0 Å². The second-order valence-corrected chi connectivity index (χ2v) is 9.62. The van der Waals surface area contributed by atoms with Crippen LogP contribution in [0.1, 0.15) is 24.1 Å². The normalized spacial score (nSPS) is 17.0. The van der Waals surface area contributed by atoms with Crippen molar-refractivity contribution in [3.05, 3.63) is 53.7 Å². The number of hydrogen-bond donors (Lipinski definition) is 1. The SMILES string of the molecule is Cc1ccc(S(=O)(=O)NCC2CCCO2)cc1-c1nnc2c3ccccc3c(C)nn12. The molecule has 2 aromatic carbocycles. The molecule has 5 rings (SSSR count). The van der Waals surface area contributed by atoms with Crippen molar-refractivity contribution < 1.29 is 13.2 Å². The number of sulfonamides is 1. The number of benzene rings is 2. The summed E-state index contributed by atoms with van der Waals surface area (Å²) in [7, 11) is -3.68. The fourth-order valence-electron chi connectivity index (χ4n) is 4.01. The van der Waals surface area contributed by atoms with Crippen molar-refractivity contribution >= 4 is 26.4 Å². The Morgan fingerprint density at radius 2 is 1.94 bits per heavy atom. The van der Waals surface area contributed by atoms with E-state index < -0.39 is 10.0 Å². The van der Waals surface area contributed by atoms with Crippen LogP contribution in [0.2, 0.25) is 0 Å². The summed E-state index contributed by atoms with van der Waals surface area (Å²) in [6.07, 6.45) is 1.76. The summed E-state index contributed by atoms with van der Waals surface area (Å²) in [5, 5.41) is 15.4. The molecule has 1 fully saturated rings. The van der Waals surface area contributed by atoms with Gasteiger partial charge in [-0.2, -0.15) is 9.61 Å². The zero-order valence-electron chi connectivity index (χ0n) is 17.4. The minimum Gasteiger partial charge on any atom is -0.377 e. The summed E-state index contributed by atoms with van der Waals surface area (Å²) in [6.45, 7) is 4.81. The standard InChI is InChI=1S/C22H23N5O3S/c1-14-9-10-17(31(28,29)23-13-16-6-5-11-30-16)12-20(14)22-25-24-21-19-8-4-3-7-18(19)15(2)26-27(21)22/h3-4,7-10,12,16,23H,5-6,11,13H2,1-2H3. The molecule has 2 aromatic heterocycles. The van der Waals surface area contributed by atoms with E-state index in [1.54, 1.807) is 22.7 Å². The average molecular weight is 438 g/mol. The molecule has 4 aromatic rings. The molecule has 1 aliphatic rings. The molecule has 3 heterocycles. The van der Waals surface area contributed by atoms with Gasteiger partial charge in [0.2, 0.25) is 10.0 Å². The van der Waals surface area contributed by atoms with E-state index in [9.17, 15) is 8.42 Å². The van der Waals surface area contributed by atoms with Crippen LogP contribution in [0, 0.1) is 13.8 Å². The lowest BCUT2D eigenvalue weighted by atomic mass is 10.1. The van der Waals surface area contributed by atoms with E-state index in [0.717, 1.165) is 34.9 Å². The quantitative estimate of drug-likeness (QED) is 0.515. The minimum atomic E-state index is -3.68. The zero-order valence-corrected chi connectivity index (χ0v) is 18.2. The van der Waals surface area contributed by atoms with Crippen LogP contribution in [-0.2, 0) is 14.8 Å². The molecule has 0 amide bonds. The van der Waals surface area contributed by atoms with Crippen molar-refractivity contribution in [1.82, 2.24) is 24.5 Å². The number of nitrogens with zero attached hydrogens (tertiary/aromatic N) is 4. The fourth-order valence-corrected chi connectivity index (χ4v) is 5.10. The molecule has 0 radical (unpaired) electrons. The maximum Gasteiger partial charge on any atom is 0.240 e. The van der Waals surface area contributed by atoms with E-state index in [0.29, 0.717) is 23.6 Å². The summed E-state index contributed by atoms with van der Waals surface area (Å²) >= 11 is 0. The molecule has 0 spiro atoms. The van der Waals surface area contributed by atoms with Crippen molar-refractivity contribution in [3.8, 4) is 11.4 Å². The first-order valence-corrected chi connectivity index (χ1v) is 11.8. The van der Waals surface area contributed by atoms with Gasteiger partial charge in [-0.05, 0) is 44.4 Å². The van der Waals surface area contributed by atoms with E-state index in [1.165, 1.54) is 0 Å². The largest absolute Gasteiger partial charge is 0.377 e. The summed E-state index contributed by atoms with van der Waals surface area (Å²) in [4.78, 5) is 0.181. The summed E-state index contributed by atoms with van der Waals surface area (Å²) in [6, 6.07) is 12.9. The monoisotopic (exact) mass is 437 g/mol. The van der Waals surface area contributed by atoms with Crippen LogP contribution in [0.5, 0.6) is 0 Å². The van der Waals surface area contributed by atoms with Crippen molar-refractivity contribution in [2.24, 2.45) is 0 Å². The highest BCUT2D eigenvalue weighted by Crippen LogP contribution is 2.28. The Kier molecular flexibility index (Phi) is 4.96. The number of aryl methyl sites for hydroxylation is 2. The van der Waals surface area contributed by atoms with E-state index in [4.69, 9.17) is 4.74 Å². The molecule has 1 aliphatic heterocycles. The lowest BCUT2D eigenvalue weighted by molar-refractivity contribution is 0.114. The number of ether oxygens (including phenoxy) is 1. The summed E-state index contributed by atoms with van der Waals surface area (Å²) in [5.41, 5.74) is 3.05. The smallest absolute Gasteiger partial charge is 0.240 e. The average Bonchev–Trinajstić information content (AvgIpc) is 3.43. The Bertz CT molecular complexity index is 1390. The Morgan fingerprint density at radius 1 is 1.13 bits per heavy atom. The van der Waals surface area contributed by atoms with Crippen LogP contribution < -0.4 is 4.72 Å². The highest BCUT2D eigenvalue weighted by atomic mass is 32.2. The van der Waals surface area contributed by atoms with E-state index in [-0.39, 0.29) is 17.5 Å². The van der Waals surface area contributed by atoms with Crippen LogP contribution in [0.25, 0.3) is 27.8 Å². The number of rotatable bonds is 5.